The van der Waals surface area contributed by atoms with Gasteiger partial charge in [-0.25, -0.2) is 0 Å². The van der Waals surface area contributed by atoms with E-state index in [1.165, 1.54) is 61.6 Å². The van der Waals surface area contributed by atoms with Crippen LogP contribution in [0.3, 0.4) is 0 Å². The SMILES string of the molecule is c1cc(-c2ccc(CN3CCC4(CCNCC4)CC3)s2)[nH]n1. The maximum absolute atomic E-state index is 4.04. The molecule has 2 aromatic heterocycles. The average molecular weight is 316 g/mol. The molecular weight excluding hydrogens is 292 g/mol. The van der Waals surface area contributed by atoms with Crippen LogP contribution in [0, 0.1) is 5.41 Å². The number of thiophene rings is 1. The van der Waals surface area contributed by atoms with Gasteiger partial charge < -0.3 is 5.32 Å². The van der Waals surface area contributed by atoms with Crippen molar-refractivity contribution in [2.75, 3.05) is 26.2 Å². The maximum atomic E-state index is 4.04. The van der Waals surface area contributed by atoms with Crippen LogP contribution in [-0.2, 0) is 6.54 Å². The van der Waals surface area contributed by atoms with Gasteiger partial charge in [-0.15, -0.1) is 11.3 Å². The second kappa shape index (κ2) is 6.14. The summed E-state index contributed by atoms with van der Waals surface area (Å²) in [6, 6.07) is 6.53. The van der Waals surface area contributed by atoms with E-state index in [0.29, 0.717) is 5.41 Å². The van der Waals surface area contributed by atoms with Crippen molar-refractivity contribution in [3.8, 4) is 10.6 Å². The molecule has 22 heavy (non-hydrogen) atoms. The molecule has 4 nitrogen and oxygen atoms in total. The number of hydrogen-bond acceptors (Lipinski definition) is 4. The largest absolute Gasteiger partial charge is 0.317 e. The number of rotatable bonds is 3. The number of piperidine rings is 2. The second-order valence-corrected chi connectivity index (χ2v) is 7.93. The first-order valence-corrected chi connectivity index (χ1v) is 9.16. The van der Waals surface area contributed by atoms with Crippen LogP contribution in [0.5, 0.6) is 0 Å². The highest BCUT2D eigenvalue weighted by Crippen LogP contribution is 2.40. The molecule has 0 unspecified atom stereocenters. The molecule has 0 amide bonds. The summed E-state index contributed by atoms with van der Waals surface area (Å²) in [5, 5.41) is 10.6. The van der Waals surface area contributed by atoms with Gasteiger partial charge in [-0.2, -0.15) is 5.10 Å². The topological polar surface area (TPSA) is 44.0 Å². The zero-order valence-corrected chi connectivity index (χ0v) is 13.8. The molecule has 2 N–H and O–H groups in total. The summed E-state index contributed by atoms with van der Waals surface area (Å²) in [4.78, 5) is 5.39. The van der Waals surface area contributed by atoms with Crippen molar-refractivity contribution in [1.82, 2.24) is 20.4 Å². The Hall–Kier alpha value is -1.17. The molecule has 4 rings (SSSR count). The standard InChI is InChI=1S/C17H24N4S/c1-2-16(15-3-8-19-20-15)22-14(1)13-21-11-6-17(7-12-21)4-9-18-10-5-17/h1-3,8,18H,4-7,9-13H2,(H,19,20). The Morgan fingerprint density at radius 1 is 1.09 bits per heavy atom. The van der Waals surface area contributed by atoms with E-state index in [9.17, 15) is 0 Å². The Bertz CT molecular complexity index is 588. The van der Waals surface area contributed by atoms with E-state index in [0.717, 1.165) is 12.2 Å². The fourth-order valence-electron chi connectivity index (χ4n) is 3.86. The minimum atomic E-state index is 0.651. The lowest BCUT2D eigenvalue weighted by Gasteiger charge is -2.44. The van der Waals surface area contributed by atoms with Crippen molar-refractivity contribution >= 4 is 11.3 Å². The Morgan fingerprint density at radius 3 is 2.64 bits per heavy atom. The minimum Gasteiger partial charge on any atom is -0.317 e. The van der Waals surface area contributed by atoms with Gasteiger partial charge in [0.2, 0.25) is 0 Å². The molecule has 118 valence electrons. The van der Waals surface area contributed by atoms with Gasteiger partial charge in [0.15, 0.2) is 0 Å². The van der Waals surface area contributed by atoms with E-state index in [-0.39, 0.29) is 0 Å². The highest BCUT2D eigenvalue weighted by Gasteiger charge is 2.35. The van der Waals surface area contributed by atoms with Crippen molar-refractivity contribution in [2.24, 2.45) is 5.41 Å². The van der Waals surface area contributed by atoms with Gasteiger partial charge >= 0.3 is 0 Å². The van der Waals surface area contributed by atoms with Crippen LogP contribution in [-0.4, -0.2) is 41.3 Å². The molecule has 2 aliphatic heterocycles. The Morgan fingerprint density at radius 2 is 1.91 bits per heavy atom. The lowest BCUT2D eigenvalue weighted by molar-refractivity contribution is 0.0706. The first-order chi connectivity index (χ1) is 10.8. The molecule has 2 aromatic rings. The smallest absolute Gasteiger partial charge is 0.0749 e. The molecule has 5 heteroatoms. The lowest BCUT2D eigenvalue weighted by Crippen LogP contribution is -2.45. The first-order valence-electron chi connectivity index (χ1n) is 8.35. The Kier molecular flexibility index (Phi) is 4.03. The second-order valence-electron chi connectivity index (χ2n) is 6.76. The van der Waals surface area contributed by atoms with Gasteiger partial charge in [0, 0.05) is 17.6 Å². The van der Waals surface area contributed by atoms with Crippen molar-refractivity contribution in [3.63, 3.8) is 0 Å². The molecule has 2 fully saturated rings. The summed E-state index contributed by atoms with van der Waals surface area (Å²) in [7, 11) is 0. The monoisotopic (exact) mass is 316 g/mol. The van der Waals surface area contributed by atoms with E-state index < -0.39 is 0 Å². The summed E-state index contributed by atoms with van der Waals surface area (Å²) in [6.07, 6.45) is 7.34. The van der Waals surface area contributed by atoms with E-state index in [2.05, 4.69) is 32.5 Å². The highest BCUT2D eigenvalue weighted by atomic mass is 32.1. The molecule has 0 atom stereocenters. The maximum Gasteiger partial charge on any atom is 0.0749 e. The number of nitrogens with one attached hydrogen (secondary N) is 2. The van der Waals surface area contributed by atoms with Crippen LogP contribution in [0.4, 0.5) is 0 Å². The third-order valence-corrected chi connectivity index (χ3v) is 6.49. The van der Waals surface area contributed by atoms with Gasteiger partial charge in [0.1, 0.15) is 0 Å². The number of hydrogen-bond donors (Lipinski definition) is 2. The number of nitrogens with zero attached hydrogens (tertiary/aromatic N) is 2. The van der Waals surface area contributed by atoms with Gasteiger partial charge in [-0.1, -0.05) is 0 Å². The fraction of sp³-hybridized carbons (Fsp3) is 0.588. The summed E-state index contributed by atoms with van der Waals surface area (Å²) in [5.41, 5.74) is 1.78. The zero-order valence-electron chi connectivity index (χ0n) is 13.0. The molecule has 0 aromatic carbocycles. The van der Waals surface area contributed by atoms with Crippen LogP contribution in [0.15, 0.2) is 24.4 Å². The van der Waals surface area contributed by atoms with Gasteiger partial charge in [0.25, 0.3) is 0 Å². The molecule has 0 radical (unpaired) electrons. The summed E-state index contributed by atoms with van der Waals surface area (Å²) in [6.45, 7) is 6.07. The third-order valence-electron chi connectivity index (χ3n) is 5.39. The number of H-pyrrole nitrogens is 1. The molecule has 1 spiro atoms. The quantitative estimate of drug-likeness (QED) is 0.914. The molecule has 4 heterocycles. The molecule has 0 saturated carbocycles. The van der Waals surface area contributed by atoms with Crippen molar-refractivity contribution in [2.45, 2.75) is 32.2 Å². The van der Waals surface area contributed by atoms with E-state index >= 15 is 0 Å². The van der Waals surface area contributed by atoms with E-state index in [1.807, 2.05) is 23.6 Å². The molecule has 0 aliphatic carbocycles. The van der Waals surface area contributed by atoms with Gasteiger partial charge in [0.05, 0.1) is 10.6 Å². The number of aromatic amines is 1. The van der Waals surface area contributed by atoms with Crippen molar-refractivity contribution < 1.29 is 0 Å². The minimum absolute atomic E-state index is 0.651. The van der Waals surface area contributed by atoms with Gasteiger partial charge in [-0.3, -0.25) is 10.00 Å². The predicted molar refractivity (Wildman–Crippen MR) is 90.9 cm³/mol. The third kappa shape index (κ3) is 2.98. The van der Waals surface area contributed by atoms with Crippen LogP contribution in [0.1, 0.15) is 30.6 Å². The highest BCUT2D eigenvalue weighted by molar-refractivity contribution is 7.15. The van der Waals surface area contributed by atoms with Crippen LogP contribution in [0.25, 0.3) is 10.6 Å². The van der Waals surface area contributed by atoms with Crippen LogP contribution < -0.4 is 5.32 Å². The van der Waals surface area contributed by atoms with Crippen molar-refractivity contribution in [1.29, 1.82) is 0 Å². The predicted octanol–water partition coefficient (Wildman–Crippen LogP) is 3.10. The molecule has 0 bridgehead atoms. The molecule has 2 saturated heterocycles. The molecule has 2 aliphatic rings. The summed E-state index contributed by atoms with van der Waals surface area (Å²) < 4.78 is 0. The summed E-state index contributed by atoms with van der Waals surface area (Å²) in [5.74, 6) is 0. The van der Waals surface area contributed by atoms with Crippen molar-refractivity contribution in [3.05, 3.63) is 29.3 Å². The fourth-order valence-corrected chi connectivity index (χ4v) is 4.89. The zero-order chi connectivity index (χ0) is 14.8. The van der Waals surface area contributed by atoms with Gasteiger partial charge in [-0.05, 0) is 75.5 Å². The normalized spacial score (nSPS) is 22.2. The first kappa shape index (κ1) is 14.4. The summed E-state index contributed by atoms with van der Waals surface area (Å²) >= 11 is 1.89. The van der Waals surface area contributed by atoms with Crippen LogP contribution >= 0.6 is 11.3 Å². The Balaban J connectivity index is 1.35. The van der Waals surface area contributed by atoms with E-state index in [4.69, 9.17) is 0 Å². The average Bonchev–Trinajstić information content (AvgIpc) is 3.22. The number of aromatic nitrogens is 2. The Labute approximate surface area is 135 Å². The molecular formula is C17H24N4S. The number of likely N-dealkylation sites (tertiary alicyclic amines) is 1. The van der Waals surface area contributed by atoms with Crippen LogP contribution in [0.2, 0.25) is 0 Å². The lowest BCUT2D eigenvalue weighted by atomic mass is 9.71. The van der Waals surface area contributed by atoms with E-state index in [1.54, 1.807) is 0 Å².